The Balaban J connectivity index is 1.43. The maximum absolute atomic E-state index is 14.6. The zero-order chi connectivity index (χ0) is 31.1. The van der Waals surface area contributed by atoms with Crippen molar-refractivity contribution in [2.45, 2.75) is 52.6 Å². The summed E-state index contributed by atoms with van der Waals surface area (Å²) in [5, 5.41) is 0. The first-order chi connectivity index (χ1) is 21.1. The molecule has 2 saturated heterocycles. The van der Waals surface area contributed by atoms with Gasteiger partial charge < -0.3 is 28.4 Å². The predicted octanol–water partition coefficient (Wildman–Crippen LogP) is 4.17. The van der Waals surface area contributed by atoms with Crippen LogP contribution < -0.4 is 18.9 Å². The predicted molar refractivity (Wildman–Crippen MR) is 153 cm³/mol. The number of cyclic esters (lactones) is 2. The van der Waals surface area contributed by atoms with Crippen LogP contribution in [0.2, 0.25) is 0 Å². The Bertz CT molecular complexity index is 1360. The van der Waals surface area contributed by atoms with Crippen molar-refractivity contribution in [2.75, 3.05) is 26.8 Å². The largest absolute Gasteiger partial charge is 0.454 e. The van der Waals surface area contributed by atoms with Crippen LogP contribution in [0.3, 0.4) is 0 Å². The van der Waals surface area contributed by atoms with Crippen LogP contribution in [0.5, 0.6) is 23.0 Å². The average molecular weight is 609 g/mol. The Morgan fingerprint density at radius 2 is 1.02 bits per heavy atom. The molecule has 44 heavy (non-hydrogen) atoms. The van der Waals surface area contributed by atoms with E-state index >= 15 is 0 Å². The first kappa shape index (κ1) is 29.6. The molecular weight excluding hydrogens is 572 g/mol. The number of ether oxygens (including phenoxy) is 6. The van der Waals surface area contributed by atoms with Crippen LogP contribution in [-0.4, -0.2) is 72.7 Å². The number of hydrogen-bond donors (Lipinski definition) is 0. The molecule has 0 N–H and O–H groups in total. The second kappa shape index (κ2) is 11.9. The summed E-state index contributed by atoms with van der Waals surface area (Å²) in [4.78, 5) is 57.5. The van der Waals surface area contributed by atoms with E-state index in [0.29, 0.717) is 34.1 Å². The third-order valence-corrected chi connectivity index (χ3v) is 8.73. The van der Waals surface area contributed by atoms with E-state index < -0.39 is 47.9 Å². The topological polar surface area (TPSA) is 130 Å². The standard InChI is InChI=1S/C32H36N2O10/c1-17(2)23-13-39-31(37)33(23)29(35)21(9-19-5-7-25-27(11-19)43-15-41-25)22(10-20-6-8-26-28(12-20)44-16-42-26)30(36)34-24(18(3)4)14-40-32(34)38/h5-8,11-12,17-18,21-24H,9-10,13-16H2,1-4H3/t21-,22-,23-,24-/m1/s1. The molecule has 0 bridgehead atoms. The van der Waals surface area contributed by atoms with Gasteiger partial charge in [0.15, 0.2) is 23.0 Å². The second-order valence-electron chi connectivity index (χ2n) is 12.2. The van der Waals surface area contributed by atoms with Gasteiger partial charge in [-0.05, 0) is 60.1 Å². The molecule has 234 valence electrons. The Kier molecular flexibility index (Phi) is 8.00. The molecule has 0 saturated carbocycles. The Hall–Kier alpha value is -4.48. The molecule has 12 nitrogen and oxygen atoms in total. The Morgan fingerprint density at radius 1 is 0.636 bits per heavy atom. The molecule has 4 heterocycles. The quantitative estimate of drug-likeness (QED) is 0.409. The minimum Gasteiger partial charge on any atom is -0.454 e. The molecule has 2 aromatic rings. The van der Waals surface area contributed by atoms with Gasteiger partial charge in [0.2, 0.25) is 25.4 Å². The summed E-state index contributed by atoms with van der Waals surface area (Å²) in [5.41, 5.74) is 1.41. The van der Waals surface area contributed by atoms with E-state index in [0.717, 1.165) is 9.80 Å². The van der Waals surface area contributed by atoms with Gasteiger partial charge in [0.05, 0.1) is 23.9 Å². The van der Waals surface area contributed by atoms with Crippen molar-refractivity contribution in [3.05, 3.63) is 47.5 Å². The molecule has 12 heteroatoms. The molecule has 0 aromatic heterocycles. The number of imide groups is 2. The molecule has 0 unspecified atom stereocenters. The van der Waals surface area contributed by atoms with Gasteiger partial charge in [-0.3, -0.25) is 9.59 Å². The fraction of sp³-hybridized carbons (Fsp3) is 0.500. The third-order valence-electron chi connectivity index (χ3n) is 8.73. The SMILES string of the molecule is CC(C)[C@H]1COC(=O)N1C(=O)[C@H](Cc1ccc2c(c1)OCO2)[C@@H](Cc1ccc2c(c1)OCO2)C(=O)N1C(=O)OC[C@@H]1C(C)C. The van der Waals surface area contributed by atoms with Gasteiger partial charge in [-0.15, -0.1) is 0 Å². The van der Waals surface area contributed by atoms with Crippen molar-refractivity contribution in [3.8, 4) is 23.0 Å². The molecular formula is C32H36N2O10. The van der Waals surface area contributed by atoms with E-state index in [1.165, 1.54) is 0 Å². The van der Waals surface area contributed by atoms with Gasteiger partial charge in [0.25, 0.3) is 0 Å². The van der Waals surface area contributed by atoms with E-state index in [1.54, 1.807) is 36.4 Å². The lowest BCUT2D eigenvalue weighted by Gasteiger charge is -2.34. The summed E-state index contributed by atoms with van der Waals surface area (Å²) in [7, 11) is 0. The number of amides is 4. The lowest BCUT2D eigenvalue weighted by Crippen LogP contribution is -2.52. The fourth-order valence-corrected chi connectivity index (χ4v) is 6.16. The zero-order valence-electron chi connectivity index (χ0n) is 25.1. The van der Waals surface area contributed by atoms with Crippen LogP contribution in [0.1, 0.15) is 38.8 Å². The molecule has 6 rings (SSSR count). The highest BCUT2D eigenvalue weighted by molar-refractivity contribution is 6.00. The molecule has 0 spiro atoms. The van der Waals surface area contributed by atoms with Gasteiger partial charge in [-0.1, -0.05) is 39.8 Å². The summed E-state index contributed by atoms with van der Waals surface area (Å²) >= 11 is 0. The number of rotatable bonds is 9. The van der Waals surface area contributed by atoms with Crippen molar-refractivity contribution in [3.63, 3.8) is 0 Å². The molecule has 0 radical (unpaired) electrons. The highest BCUT2D eigenvalue weighted by Crippen LogP contribution is 2.38. The second-order valence-corrected chi connectivity index (χ2v) is 12.2. The molecule has 2 aromatic carbocycles. The highest BCUT2D eigenvalue weighted by atomic mass is 16.7. The minimum absolute atomic E-state index is 0.0631. The number of nitrogens with zero attached hydrogens (tertiary/aromatic N) is 2. The van der Waals surface area contributed by atoms with Crippen LogP contribution in [0.25, 0.3) is 0 Å². The maximum Gasteiger partial charge on any atom is 0.416 e. The van der Waals surface area contributed by atoms with Crippen molar-refractivity contribution in [2.24, 2.45) is 23.7 Å². The smallest absolute Gasteiger partial charge is 0.416 e. The van der Waals surface area contributed by atoms with Crippen molar-refractivity contribution in [1.82, 2.24) is 9.80 Å². The van der Waals surface area contributed by atoms with Crippen LogP contribution >= 0.6 is 0 Å². The number of hydrogen-bond acceptors (Lipinski definition) is 10. The molecule has 4 amide bonds. The lowest BCUT2D eigenvalue weighted by atomic mass is 9.80. The number of fused-ring (bicyclic) bond motifs is 2. The number of carbonyl (C=O) groups is 4. The molecule has 4 aliphatic rings. The highest BCUT2D eigenvalue weighted by Gasteiger charge is 2.49. The van der Waals surface area contributed by atoms with Crippen molar-refractivity contribution < 1.29 is 47.6 Å². The molecule has 4 aliphatic heterocycles. The Labute approximate surface area is 255 Å². The van der Waals surface area contributed by atoms with E-state index in [-0.39, 0.29) is 51.5 Å². The average Bonchev–Trinajstić information content (AvgIpc) is 3.80. The number of carbonyl (C=O) groups excluding carboxylic acids is 4. The van der Waals surface area contributed by atoms with Crippen LogP contribution in [0, 0.1) is 23.7 Å². The van der Waals surface area contributed by atoms with E-state index in [2.05, 4.69) is 0 Å². The summed E-state index contributed by atoms with van der Waals surface area (Å²) in [6.07, 6.45) is -1.33. The first-order valence-electron chi connectivity index (χ1n) is 14.9. The summed E-state index contributed by atoms with van der Waals surface area (Å²) in [6.45, 7) is 7.91. The fourth-order valence-electron chi connectivity index (χ4n) is 6.16. The van der Waals surface area contributed by atoms with E-state index in [9.17, 15) is 19.2 Å². The van der Waals surface area contributed by atoms with Gasteiger partial charge in [0, 0.05) is 0 Å². The maximum atomic E-state index is 14.6. The molecule has 4 atom stereocenters. The van der Waals surface area contributed by atoms with E-state index in [1.807, 2.05) is 27.7 Å². The minimum atomic E-state index is -1.05. The van der Waals surface area contributed by atoms with Gasteiger partial charge in [-0.2, -0.15) is 0 Å². The molecule has 2 fully saturated rings. The number of benzene rings is 2. The van der Waals surface area contributed by atoms with E-state index in [4.69, 9.17) is 28.4 Å². The summed E-state index contributed by atoms with van der Waals surface area (Å²) < 4.78 is 32.7. The summed E-state index contributed by atoms with van der Waals surface area (Å²) in [6, 6.07) is 9.65. The summed E-state index contributed by atoms with van der Waals surface area (Å²) in [5.74, 6) is -1.17. The van der Waals surface area contributed by atoms with Crippen LogP contribution in [0.15, 0.2) is 36.4 Å². The van der Waals surface area contributed by atoms with Crippen LogP contribution in [0.4, 0.5) is 9.59 Å². The Morgan fingerprint density at radius 3 is 1.41 bits per heavy atom. The lowest BCUT2D eigenvalue weighted by molar-refractivity contribution is -0.145. The monoisotopic (exact) mass is 608 g/mol. The van der Waals surface area contributed by atoms with Crippen LogP contribution in [-0.2, 0) is 31.9 Å². The van der Waals surface area contributed by atoms with Crippen molar-refractivity contribution >= 4 is 24.0 Å². The van der Waals surface area contributed by atoms with Gasteiger partial charge in [0.1, 0.15) is 13.2 Å². The van der Waals surface area contributed by atoms with Gasteiger partial charge >= 0.3 is 12.2 Å². The van der Waals surface area contributed by atoms with Gasteiger partial charge in [-0.25, -0.2) is 19.4 Å². The normalized spacial score (nSPS) is 21.6. The van der Waals surface area contributed by atoms with Crippen molar-refractivity contribution in [1.29, 1.82) is 0 Å². The first-order valence-corrected chi connectivity index (χ1v) is 14.9. The molecule has 0 aliphatic carbocycles. The zero-order valence-corrected chi connectivity index (χ0v) is 25.1. The third kappa shape index (κ3) is 5.48.